The van der Waals surface area contributed by atoms with Crippen LogP contribution < -0.4 is 5.32 Å². The highest BCUT2D eigenvalue weighted by molar-refractivity contribution is 5.75. The predicted octanol–water partition coefficient (Wildman–Crippen LogP) is 3.77. The van der Waals surface area contributed by atoms with Crippen molar-refractivity contribution in [2.75, 3.05) is 0 Å². The van der Waals surface area contributed by atoms with Crippen LogP contribution in [0.3, 0.4) is 0 Å². The zero-order valence-corrected chi connectivity index (χ0v) is 14.0. The minimum atomic E-state index is 0.00697. The van der Waals surface area contributed by atoms with Gasteiger partial charge in [0.15, 0.2) is 0 Å². The molecule has 0 aliphatic rings. The summed E-state index contributed by atoms with van der Waals surface area (Å²) in [7, 11) is 0. The van der Waals surface area contributed by atoms with Gasteiger partial charge in [-0.1, -0.05) is 48.5 Å². The lowest BCUT2D eigenvalue weighted by Gasteiger charge is -2.03. The molecule has 3 rings (SSSR count). The fourth-order valence-electron chi connectivity index (χ4n) is 2.54. The van der Waals surface area contributed by atoms with Gasteiger partial charge in [-0.2, -0.15) is 0 Å². The number of carbonyl (C=O) groups excluding carboxylic acids is 1. The summed E-state index contributed by atoms with van der Waals surface area (Å²) in [6.07, 6.45) is 3.36. The third-order valence-electron chi connectivity index (χ3n) is 3.89. The molecule has 0 spiro atoms. The standard InChI is InChI=1S/C20H21N3O2/c24-18(14-8-7-11-16-9-3-1-4-10-16)21-15-19-22-23-20(25-19)17-12-5-2-6-13-17/h1-6,9-10,12-13H,7-8,11,14-15H2,(H,21,24). The van der Waals surface area contributed by atoms with Crippen LogP contribution in [0.5, 0.6) is 0 Å². The second-order valence-electron chi connectivity index (χ2n) is 5.84. The number of benzene rings is 2. The Morgan fingerprint density at radius 1 is 0.920 bits per heavy atom. The summed E-state index contributed by atoms with van der Waals surface area (Å²) in [6, 6.07) is 19.9. The number of nitrogens with zero attached hydrogens (tertiary/aromatic N) is 2. The van der Waals surface area contributed by atoms with E-state index in [1.54, 1.807) is 0 Å². The van der Waals surface area contributed by atoms with Gasteiger partial charge < -0.3 is 9.73 Å². The zero-order valence-electron chi connectivity index (χ0n) is 14.0. The van der Waals surface area contributed by atoms with Gasteiger partial charge in [-0.25, -0.2) is 0 Å². The van der Waals surface area contributed by atoms with Crippen molar-refractivity contribution in [2.24, 2.45) is 0 Å². The van der Waals surface area contributed by atoms with E-state index in [2.05, 4.69) is 27.6 Å². The maximum Gasteiger partial charge on any atom is 0.247 e. The molecule has 1 amide bonds. The van der Waals surface area contributed by atoms with Crippen LogP contribution in [0.25, 0.3) is 11.5 Å². The van der Waals surface area contributed by atoms with E-state index in [1.807, 2.05) is 48.5 Å². The number of hydrogen-bond acceptors (Lipinski definition) is 4. The van der Waals surface area contributed by atoms with Gasteiger partial charge in [0.2, 0.25) is 17.7 Å². The van der Waals surface area contributed by atoms with Gasteiger partial charge in [0.1, 0.15) is 0 Å². The molecule has 1 aromatic heterocycles. The third kappa shape index (κ3) is 5.28. The van der Waals surface area contributed by atoms with Crippen molar-refractivity contribution in [3.63, 3.8) is 0 Å². The Morgan fingerprint density at radius 3 is 2.40 bits per heavy atom. The highest BCUT2D eigenvalue weighted by Gasteiger charge is 2.09. The lowest BCUT2D eigenvalue weighted by molar-refractivity contribution is -0.121. The molecule has 3 aromatic rings. The fourth-order valence-corrected chi connectivity index (χ4v) is 2.54. The molecule has 0 aliphatic carbocycles. The summed E-state index contributed by atoms with van der Waals surface area (Å²) in [6.45, 7) is 0.261. The second kappa shape index (κ2) is 8.78. The predicted molar refractivity (Wildman–Crippen MR) is 95.6 cm³/mol. The highest BCUT2D eigenvalue weighted by atomic mass is 16.4. The largest absolute Gasteiger partial charge is 0.419 e. The maximum absolute atomic E-state index is 11.9. The van der Waals surface area contributed by atoms with Crippen molar-refractivity contribution in [2.45, 2.75) is 32.2 Å². The quantitative estimate of drug-likeness (QED) is 0.636. The molecular formula is C20H21N3O2. The van der Waals surface area contributed by atoms with E-state index < -0.39 is 0 Å². The van der Waals surface area contributed by atoms with Gasteiger partial charge in [-0.15, -0.1) is 10.2 Å². The summed E-state index contributed by atoms with van der Waals surface area (Å²) in [5.74, 6) is 0.886. The average Bonchev–Trinajstić information content (AvgIpc) is 3.14. The molecule has 0 unspecified atom stereocenters. The van der Waals surface area contributed by atoms with E-state index in [-0.39, 0.29) is 12.5 Å². The Balaban J connectivity index is 1.37. The fraction of sp³-hybridized carbons (Fsp3) is 0.250. The van der Waals surface area contributed by atoms with Crippen molar-refractivity contribution < 1.29 is 9.21 Å². The van der Waals surface area contributed by atoms with Crippen molar-refractivity contribution in [3.8, 4) is 11.5 Å². The van der Waals surface area contributed by atoms with Crippen LogP contribution in [-0.4, -0.2) is 16.1 Å². The number of rotatable bonds is 8. The van der Waals surface area contributed by atoms with Gasteiger partial charge in [-0.05, 0) is 37.0 Å². The number of aryl methyl sites for hydroxylation is 1. The summed E-state index contributed by atoms with van der Waals surface area (Å²) < 4.78 is 5.57. The molecule has 1 N–H and O–H groups in total. The topological polar surface area (TPSA) is 68.0 Å². The van der Waals surface area contributed by atoms with Crippen LogP contribution >= 0.6 is 0 Å². The first-order chi connectivity index (χ1) is 12.3. The zero-order chi connectivity index (χ0) is 17.3. The molecule has 5 heteroatoms. The SMILES string of the molecule is O=C(CCCCc1ccccc1)NCc1nnc(-c2ccccc2)o1. The number of nitrogens with one attached hydrogen (secondary N) is 1. The van der Waals surface area contributed by atoms with Gasteiger partial charge in [0.25, 0.3) is 0 Å². The van der Waals surface area contributed by atoms with Crippen molar-refractivity contribution in [1.29, 1.82) is 0 Å². The van der Waals surface area contributed by atoms with E-state index in [0.717, 1.165) is 24.8 Å². The highest BCUT2D eigenvalue weighted by Crippen LogP contribution is 2.16. The Kier molecular flexibility index (Phi) is 5.93. The van der Waals surface area contributed by atoms with Gasteiger partial charge >= 0.3 is 0 Å². The summed E-state index contributed by atoms with van der Waals surface area (Å²) in [5, 5.41) is 10.8. The van der Waals surface area contributed by atoms with Gasteiger partial charge in [0, 0.05) is 12.0 Å². The lowest BCUT2D eigenvalue weighted by atomic mass is 10.1. The molecule has 25 heavy (non-hydrogen) atoms. The molecule has 0 fully saturated rings. The Labute approximate surface area is 147 Å². The molecule has 0 aliphatic heterocycles. The second-order valence-corrected chi connectivity index (χ2v) is 5.84. The third-order valence-corrected chi connectivity index (χ3v) is 3.89. The lowest BCUT2D eigenvalue weighted by Crippen LogP contribution is -2.22. The number of hydrogen-bond donors (Lipinski definition) is 1. The molecule has 5 nitrogen and oxygen atoms in total. The Morgan fingerprint density at radius 2 is 1.64 bits per heavy atom. The number of carbonyl (C=O) groups is 1. The minimum absolute atomic E-state index is 0.00697. The first-order valence-corrected chi connectivity index (χ1v) is 8.50. The van der Waals surface area contributed by atoms with Crippen LogP contribution in [0, 0.1) is 0 Å². The molecule has 2 aromatic carbocycles. The van der Waals surface area contributed by atoms with Crippen molar-refractivity contribution in [3.05, 3.63) is 72.1 Å². The van der Waals surface area contributed by atoms with Crippen LogP contribution in [0.2, 0.25) is 0 Å². The number of unbranched alkanes of at least 4 members (excludes halogenated alkanes) is 1. The summed E-state index contributed by atoms with van der Waals surface area (Å²) >= 11 is 0. The van der Waals surface area contributed by atoms with Crippen molar-refractivity contribution in [1.82, 2.24) is 15.5 Å². The molecule has 0 saturated heterocycles. The average molecular weight is 335 g/mol. The minimum Gasteiger partial charge on any atom is -0.419 e. The Bertz CT molecular complexity index is 785. The van der Waals surface area contributed by atoms with Gasteiger partial charge in [-0.3, -0.25) is 4.79 Å². The summed E-state index contributed by atoms with van der Waals surface area (Å²) in [4.78, 5) is 11.9. The molecule has 1 heterocycles. The molecular weight excluding hydrogens is 314 g/mol. The van der Waals surface area contributed by atoms with E-state index in [9.17, 15) is 4.79 Å². The number of aromatic nitrogens is 2. The van der Waals surface area contributed by atoms with Crippen LogP contribution in [0.4, 0.5) is 0 Å². The van der Waals surface area contributed by atoms with Gasteiger partial charge in [0.05, 0.1) is 6.54 Å². The van der Waals surface area contributed by atoms with Crippen molar-refractivity contribution >= 4 is 5.91 Å². The molecule has 0 saturated carbocycles. The van der Waals surface area contributed by atoms with E-state index in [0.29, 0.717) is 18.2 Å². The monoisotopic (exact) mass is 335 g/mol. The maximum atomic E-state index is 11.9. The molecule has 0 bridgehead atoms. The summed E-state index contributed by atoms with van der Waals surface area (Å²) in [5.41, 5.74) is 2.18. The normalized spacial score (nSPS) is 10.6. The molecule has 128 valence electrons. The molecule has 0 radical (unpaired) electrons. The van der Waals surface area contributed by atoms with E-state index in [1.165, 1.54) is 5.56 Å². The van der Waals surface area contributed by atoms with E-state index in [4.69, 9.17) is 4.42 Å². The molecule has 0 atom stereocenters. The van der Waals surface area contributed by atoms with Crippen LogP contribution in [-0.2, 0) is 17.8 Å². The van der Waals surface area contributed by atoms with Crippen LogP contribution in [0.1, 0.15) is 30.7 Å². The number of amides is 1. The van der Waals surface area contributed by atoms with Crippen LogP contribution in [0.15, 0.2) is 65.1 Å². The smallest absolute Gasteiger partial charge is 0.247 e. The Hall–Kier alpha value is -2.95. The first kappa shape index (κ1) is 16.9. The van der Waals surface area contributed by atoms with E-state index >= 15 is 0 Å². The first-order valence-electron chi connectivity index (χ1n) is 8.50.